The number of hydrogen-bond donors (Lipinski definition) is 1. The molecule has 0 unspecified atom stereocenters. The highest BCUT2D eigenvalue weighted by atomic mass is 32.1. The number of likely N-dealkylation sites (tertiary alicyclic amines) is 1. The number of anilines is 1. The van der Waals surface area contributed by atoms with Gasteiger partial charge in [-0.05, 0) is 56.1 Å². The Morgan fingerprint density at radius 1 is 1.03 bits per heavy atom. The number of nitrogens with one attached hydrogen (secondary N) is 1. The maximum Gasteiger partial charge on any atom is 0.203 e. The van der Waals surface area contributed by atoms with Crippen molar-refractivity contribution in [1.29, 1.82) is 0 Å². The minimum absolute atomic E-state index is 0.616. The molecule has 4 rings (SSSR count). The Hall–Kier alpha value is -2.51. The lowest BCUT2D eigenvalue weighted by Gasteiger charge is -2.31. The summed E-state index contributed by atoms with van der Waals surface area (Å²) < 4.78 is 18.0. The SMILES string of the molecule is COc1cccc(OC)c1OCCN1CCC(CNc2nc3ccccc3s2)CC1. The molecule has 0 amide bonds. The van der Waals surface area contributed by atoms with E-state index in [1.807, 2.05) is 24.3 Å². The molecule has 2 heterocycles. The van der Waals surface area contributed by atoms with Crippen molar-refractivity contribution in [1.82, 2.24) is 9.88 Å². The Balaban J connectivity index is 1.20. The van der Waals surface area contributed by atoms with Crippen molar-refractivity contribution in [3.63, 3.8) is 0 Å². The zero-order valence-corrected chi connectivity index (χ0v) is 18.4. The lowest BCUT2D eigenvalue weighted by molar-refractivity contribution is 0.155. The molecule has 0 spiro atoms. The van der Waals surface area contributed by atoms with Crippen LogP contribution in [0.5, 0.6) is 17.2 Å². The van der Waals surface area contributed by atoms with Gasteiger partial charge in [-0.25, -0.2) is 4.98 Å². The Morgan fingerprint density at radius 2 is 1.77 bits per heavy atom. The van der Waals surface area contributed by atoms with Crippen LogP contribution in [-0.4, -0.2) is 56.9 Å². The van der Waals surface area contributed by atoms with E-state index in [1.165, 1.54) is 17.5 Å². The van der Waals surface area contributed by atoms with Gasteiger partial charge in [-0.1, -0.05) is 29.5 Å². The number of methoxy groups -OCH3 is 2. The number of thiazole rings is 1. The average Bonchev–Trinajstić information content (AvgIpc) is 3.21. The molecule has 1 N–H and O–H groups in total. The fourth-order valence-corrected chi connectivity index (χ4v) is 4.70. The van der Waals surface area contributed by atoms with E-state index in [0.717, 1.165) is 36.8 Å². The molecular formula is C23H29N3O3S. The second kappa shape index (κ2) is 10.00. The summed E-state index contributed by atoms with van der Waals surface area (Å²) in [6, 6.07) is 14.0. The van der Waals surface area contributed by atoms with E-state index in [0.29, 0.717) is 29.8 Å². The Bertz CT molecular complexity index is 899. The molecule has 1 aliphatic rings. The molecule has 160 valence electrons. The fourth-order valence-electron chi connectivity index (χ4n) is 3.83. The van der Waals surface area contributed by atoms with Gasteiger partial charge in [-0.3, -0.25) is 4.90 Å². The third-order valence-electron chi connectivity index (χ3n) is 5.58. The molecule has 0 radical (unpaired) electrons. The molecule has 7 heteroatoms. The number of aromatic nitrogens is 1. The number of nitrogens with zero attached hydrogens (tertiary/aromatic N) is 2. The zero-order chi connectivity index (χ0) is 20.8. The molecule has 6 nitrogen and oxygen atoms in total. The second-order valence-electron chi connectivity index (χ2n) is 7.49. The fraction of sp³-hybridized carbons (Fsp3) is 0.435. The Labute approximate surface area is 181 Å². The predicted octanol–water partition coefficient (Wildman–Crippen LogP) is 4.52. The third kappa shape index (κ3) is 4.96. The van der Waals surface area contributed by atoms with Crippen molar-refractivity contribution >= 4 is 26.7 Å². The van der Waals surface area contributed by atoms with Crippen LogP contribution in [0.2, 0.25) is 0 Å². The highest BCUT2D eigenvalue weighted by molar-refractivity contribution is 7.22. The molecule has 30 heavy (non-hydrogen) atoms. The van der Waals surface area contributed by atoms with Crippen molar-refractivity contribution in [3.8, 4) is 17.2 Å². The van der Waals surface area contributed by atoms with E-state index in [9.17, 15) is 0 Å². The summed E-state index contributed by atoms with van der Waals surface area (Å²) in [5, 5.41) is 4.57. The van der Waals surface area contributed by atoms with Crippen LogP contribution in [0.4, 0.5) is 5.13 Å². The van der Waals surface area contributed by atoms with Crippen molar-refractivity contribution in [3.05, 3.63) is 42.5 Å². The maximum atomic E-state index is 6.00. The van der Waals surface area contributed by atoms with Gasteiger partial charge in [0, 0.05) is 13.1 Å². The number of benzene rings is 2. The quantitative estimate of drug-likeness (QED) is 0.542. The van der Waals surface area contributed by atoms with Crippen LogP contribution in [0.3, 0.4) is 0 Å². The molecule has 1 aliphatic heterocycles. The number of para-hydroxylation sites is 2. The van der Waals surface area contributed by atoms with Gasteiger partial charge in [-0.2, -0.15) is 0 Å². The van der Waals surface area contributed by atoms with E-state index in [2.05, 4.69) is 33.4 Å². The molecule has 1 fully saturated rings. The van der Waals surface area contributed by atoms with E-state index < -0.39 is 0 Å². The van der Waals surface area contributed by atoms with Crippen molar-refractivity contribution in [2.75, 3.05) is 52.3 Å². The summed E-state index contributed by atoms with van der Waals surface area (Å²) in [6.45, 7) is 4.70. The van der Waals surface area contributed by atoms with E-state index >= 15 is 0 Å². The van der Waals surface area contributed by atoms with E-state index in [4.69, 9.17) is 14.2 Å². The molecule has 0 bridgehead atoms. The lowest BCUT2D eigenvalue weighted by atomic mass is 9.97. The van der Waals surface area contributed by atoms with Crippen LogP contribution in [0.15, 0.2) is 42.5 Å². The first kappa shape index (κ1) is 20.8. The zero-order valence-electron chi connectivity index (χ0n) is 17.6. The molecule has 1 saturated heterocycles. The summed E-state index contributed by atoms with van der Waals surface area (Å²) in [7, 11) is 3.30. The smallest absolute Gasteiger partial charge is 0.203 e. The predicted molar refractivity (Wildman–Crippen MR) is 122 cm³/mol. The maximum absolute atomic E-state index is 6.00. The minimum atomic E-state index is 0.616. The van der Waals surface area contributed by atoms with Gasteiger partial charge in [-0.15, -0.1) is 0 Å². The second-order valence-corrected chi connectivity index (χ2v) is 8.52. The average molecular weight is 428 g/mol. The summed E-state index contributed by atoms with van der Waals surface area (Å²) in [6.07, 6.45) is 2.38. The van der Waals surface area contributed by atoms with Crippen molar-refractivity contribution in [2.45, 2.75) is 12.8 Å². The number of fused-ring (bicyclic) bond motifs is 1. The minimum Gasteiger partial charge on any atom is -0.493 e. The largest absolute Gasteiger partial charge is 0.493 e. The normalized spacial score (nSPS) is 15.3. The van der Waals surface area contributed by atoms with Crippen LogP contribution in [0.1, 0.15) is 12.8 Å². The number of hydrogen-bond acceptors (Lipinski definition) is 7. The van der Waals surface area contributed by atoms with Gasteiger partial charge in [0.1, 0.15) is 6.61 Å². The molecule has 2 aromatic carbocycles. The van der Waals surface area contributed by atoms with E-state index in [1.54, 1.807) is 25.6 Å². The summed E-state index contributed by atoms with van der Waals surface area (Å²) in [4.78, 5) is 7.14. The highest BCUT2D eigenvalue weighted by Gasteiger charge is 2.20. The van der Waals surface area contributed by atoms with Gasteiger partial charge in [0.25, 0.3) is 0 Å². The van der Waals surface area contributed by atoms with Crippen LogP contribution >= 0.6 is 11.3 Å². The highest BCUT2D eigenvalue weighted by Crippen LogP contribution is 2.36. The molecular weight excluding hydrogens is 398 g/mol. The van der Waals surface area contributed by atoms with Crippen LogP contribution in [-0.2, 0) is 0 Å². The van der Waals surface area contributed by atoms with Crippen LogP contribution < -0.4 is 19.5 Å². The summed E-state index contributed by atoms with van der Waals surface area (Å²) in [5.74, 6) is 2.77. The first-order valence-corrected chi connectivity index (χ1v) is 11.2. The number of piperidine rings is 1. The standard InChI is InChI=1S/C23H29N3O3S/c1-27-19-7-5-8-20(28-2)22(19)29-15-14-26-12-10-17(11-13-26)16-24-23-25-18-6-3-4-9-21(18)30-23/h3-9,17H,10-16H2,1-2H3,(H,24,25). The topological polar surface area (TPSA) is 55.9 Å². The van der Waals surface area contributed by atoms with Gasteiger partial charge in [0.2, 0.25) is 5.75 Å². The van der Waals surface area contributed by atoms with Crippen LogP contribution in [0.25, 0.3) is 10.2 Å². The van der Waals surface area contributed by atoms with Gasteiger partial charge in [0.15, 0.2) is 16.6 Å². The monoisotopic (exact) mass is 427 g/mol. The molecule has 3 aromatic rings. The first-order valence-electron chi connectivity index (χ1n) is 10.4. The van der Waals surface area contributed by atoms with Gasteiger partial charge in [0.05, 0.1) is 24.4 Å². The summed E-state index contributed by atoms with van der Waals surface area (Å²) in [5.41, 5.74) is 1.08. The van der Waals surface area contributed by atoms with Crippen LogP contribution in [0, 0.1) is 5.92 Å². The Morgan fingerprint density at radius 3 is 2.47 bits per heavy atom. The Kier molecular flexibility index (Phi) is 6.92. The molecule has 1 aromatic heterocycles. The summed E-state index contributed by atoms with van der Waals surface area (Å²) >= 11 is 1.73. The van der Waals surface area contributed by atoms with Crippen molar-refractivity contribution < 1.29 is 14.2 Å². The first-order chi connectivity index (χ1) is 14.8. The van der Waals surface area contributed by atoms with Gasteiger partial charge >= 0.3 is 0 Å². The third-order valence-corrected chi connectivity index (χ3v) is 6.57. The van der Waals surface area contributed by atoms with E-state index in [-0.39, 0.29) is 0 Å². The van der Waals surface area contributed by atoms with Gasteiger partial charge < -0.3 is 19.5 Å². The number of rotatable bonds is 9. The van der Waals surface area contributed by atoms with Crippen molar-refractivity contribution in [2.24, 2.45) is 5.92 Å². The molecule has 0 atom stereocenters. The molecule has 0 saturated carbocycles. The number of ether oxygens (including phenoxy) is 3. The molecule has 0 aliphatic carbocycles. The lowest BCUT2D eigenvalue weighted by Crippen LogP contribution is -2.38.